The molecule has 0 N–H and O–H groups in total. The van der Waals surface area contributed by atoms with E-state index in [1.54, 1.807) is 0 Å². The number of anilines is 2. The van der Waals surface area contributed by atoms with Gasteiger partial charge in [-0.3, -0.25) is 0 Å². The van der Waals surface area contributed by atoms with Crippen molar-refractivity contribution in [3.63, 3.8) is 0 Å². The topological polar surface area (TPSA) is 3.24 Å². The summed E-state index contributed by atoms with van der Waals surface area (Å²) < 4.78 is 0. The molecule has 0 aliphatic heterocycles. The molecule has 192 valence electrons. The van der Waals surface area contributed by atoms with Crippen molar-refractivity contribution in [2.75, 3.05) is 4.90 Å². The second kappa shape index (κ2) is 12.6. The largest absolute Gasteiger partial charge is 0.311 e. The zero-order valence-corrected chi connectivity index (χ0v) is 23.8. The minimum absolute atomic E-state index is 0.0369. The van der Waals surface area contributed by atoms with E-state index in [9.17, 15) is 0 Å². The lowest BCUT2D eigenvalue weighted by Gasteiger charge is -2.29. The van der Waals surface area contributed by atoms with Crippen LogP contribution in [-0.4, -0.2) is 0 Å². The molecule has 0 saturated heterocycles. The molecule has 0 aromatic heterocycles. The summed E-state index contributed by atoms with van der Waals surface area (Å²) in [5.41, 5.74) is 11.5. The van der Waals surface area contributed by atoms with Crippen molar-refractivity contribution >= 4 is 22.5 Å². The van der Waals surface area contributed by atoms with E-state index in [0.717, 1.165) is 24.1 Å². The van der Waals surface area contributed by atoms with Crippen molar-refractivity contribution in [3.05, 3.63) is 132 Å². The van der Waals surface area contributed by atoms with E-state index in [0.29, 0.717) is 0 Å². The van der Waals surface area contributed by atoms with Crippen molar-refractivity contribution in [3.8, 4) is 0 Å². The Morgan fingerprint density at radius 3 is 2.14 bits per heavy atom. The molecule has 1 aliphatic rings. The van der Waals surface area contributed by atoms with E-state index in [4.69, 9.17) is 0 Å². The Bertz CT molecular complexity index is 1290. The Morgan fingerprint density at radius 1 is 0.892 bits per heavy atom. The molecule has 37 heavy (non-hydrogen) atoms. The Morgan fingerprint density at radius 2 is 1.57 bits per heavy atom. The Kier molecular flexibility index (Phi) is 9.53. The molecule has 0 fully saturated rings. The minimum atomic E-state index is -0.0369. The first-order valence-electron chi connectivity index (χ1n) is 13.6. The fourth-order valence-corrected chi connectivity index (χ4v) is 5.39. The molecule has 0 heterocycles. The molecule has 0 bridgehead atoms. The predicted molar refractivity (Wildman–Crippen MR) is 166 cm³/mol. The third-order valence-corrected chi connectivity index (χ3v) is 7.06. The van der Waals surface area contributed by atoms with E-state index in [1.165, 1.54) is 39.2 Å². The first-order chi connectivity index (χ1) is 17.9. The van der Waals surface area contributed by atoms with Gasteiger partial charge in [-0.05, 0) is 97.4 Å². The van der Waals surface area contributed by atoms with Gasteiger partial charge >= 0.3 is 0 Å². The van der Waals surface area contributed by atoms with Crippen LogP contribution in [0.25, 0.3) is 11.1 Å². The molecule has 3 rings (SSSR count). The first kappa shape index (κ1) is 28.0. The van der Waals surface area contributed by atoms with Gasteiger partial charge in [0, 0.05) is 22.5 Å². The molecule has 2 aromatic rings. The van der Waals surface area contributed by atoms with Gasteiger partial charge in [0.25, 0.3) is 0 Å². The van der Waals surface area contributed by atoms with Crippen LogP contribution in [0, 0.1) is 0 Å². The van der Waals surface area contributed by atoms with E-state index >= 15 is 0 Å². The highest BCUT2D eigenvalue weighted by Gasteiger charge is 2.36. The highest BCUT2D eigenvalue weighted by molar-refractivity contribution is 5.85. The highest BCUT2D eigenvalue weighted by Crippen LogP contribution is 2.49. The SMILES string of the molecule is C=C/C=C(\C=C/C)c1ccc(N(C(/C=C\C)=C/CC)c2ccc3c(c2)C(C)(C)C(/C=C\C)=C3CC)cc1. The molecule has 2 aromatic carbocycles. The van der Waals surface area contributed by atoms with E-state index < -0.39 is 0 Å². The van der Waals surface area contributed by atoms with Crippen LogP contribution in [0.5, 0.6) is 0 Å². The summed E-state index contributed by atoms with van der Waals surface area (Å²) in [7, 11) is 0. The van der Waals surface area contributed by atoms with Crippen LogP contribution in [0.1, 0.15) is 78.0 Å². The average molecular weight is 490 g/mol. The lowest BCUT2D eigenvalue weighted by atomic mass is 9.80. The minimum Gasteiger partial charge on any atom is -0.311 e. The zero-order valence-electron chi connectivity index (χ0n) is 23.8. The second-order valence-corrected chi connectivity index (χ2v) is 9.88. The van der Waals surface area contributed by atoms with Gasteiger partial charge in [0.05, 0.1) is 0 Å². The maximum absolute atomic E-state index is 3.89. The molecule has 0 atom stereocenters. The lowest BCUT2D eigenvalue weighted by Crippen LogP contribution is -2.19. The van der Waals surface area contributed by atoms with Gasteiger partial charge in [-0.1, -0.05) is 101 Å². The lowest BCUT2D eigenvalue weighted by molar-refractivity contribution is 0.653. The quantitative estimate of drug-likeness (QED) is 0.300. The number of rotatable bonds is 10. The number of nitrogens with zero attached hydrogens (tertiary/aromatic N) is 1. The fraction of sp³-hybridized carbons (Fsp3) is 0.278. The summed E-state index contributed by atoms with van der Waals surface area (Å²) >= 11 is 0. The van der Waals surface area contributed by atoms with E-state index in [2.05, 4.69) is 144 Å². The summed E-state index contributed by atoms with van der Waals surface area (Å²) in [6, 6.07) is 15.9. The molecule has 0 amide bonds. The summed E-state index contributed by atoms with van der Waals surface area (Å²) in [5.74, 6) is 0. The molecule has 0 spiro atoms. The maximum Gasteiger partial charge on any atom is 0.0464 e. The van der Waals surface area contributed by atoms with Crippen molar-refractivity contribution in [1.29, 1.82) is 0 Å². The molecular formula is C36H43N. The van der Waals surface area contributed by atoms with Crippen LogP contribution in [0.4, 0.5) is 11.4 Å². The van der Waals surface area contributed by atoms with Crippen molar-refractivity contribution in [2.24, 2.45) is 0 Å². The van der Waals surface area contributed by atoms with E-state index in [1.807, 2.05) is 13.0 Å². The Balaban J connectivity index is 2.19. The number of fused-ring (bicyclic) bond motifs is 1. The monoisotopic (exact) mass is 489 g/mol. The zero-order chi connectivity index (χ0) is 27.0. The van der Waals surface area contributed by atoms with Gasteiger partial charge < -0.3 is 4.90 Å². The van der Waals surface area contributed by atoms with Crippen molar-refractivity contribution in [1.82, 2.24) is 0 Å². The standard InChI is InChI=1S/C36H43N/c1-9-15-27(16-10-2)28-20-22-30(23-21-28)37(29(17-11-3)18-12-4)31-24-25-33-32(14-6)34(19-13-5)36(7,8)35(33)26-31/h9-11,13,15-26H,1,12,14H2,2-8H3/b16-10-,17-11-,19-13-,27-15+,29-18+. The van der Waals surface area contributed by atoms with Gasteiger partial charge in [0.2, 0.25) is 0 Å². The maximum atomic E-state index is 3.89. The van der Waals surface area contributed by atoms with Crippen molar-refractivity contribution < 1.29 is 0 Å². The van der Waals surface area contributed by atoms with E-state index in [-0.39, 0.29) is 5.41 Å². The molecule has 1 heteroatoms. The molecule has 1 nitrogen and oxygen atoms in total. The Hall–Kier alpha value is -3.58. The highest BCUT2D eigenvalue weighted by atomic mass is 15.1. The summed E-state index contributed by atoms with van der Waals surface area (Å²) in [5, 5.41) is 0. The van der Waals surface area contributed by atoms with Crippen molar-refractivity contribution in [2.45, 2.75) is 66.7 Å². The summed E-state index contributed by atoms with van der Waals surface area (Å²) in [6.07, 6.45) is 21.2. The number of hydrogen-bond acceptors (Lipinski definition) is 1. The van der Waals surface area contributed by atoms with Crippen LogP contribution in [-0.2, 0) is 5.41 Å². The van der Waals surface area contributed by atoms with Crippen LogP contribution >= 0.6 is 0 Å². The van der Waals surface area contributed by atoms with Gasteiger partial charge in [-0.2, -0.15) is 0 Å². The van der Waals surface area contributed by atoms with Crippen LogP contribution in [0.3, 0.4) is 0 Å². The van der Waals surface area contributed by atoms with Crippen LogP contribution in [0.15, 0.2) is 115 Å². The molecule has 0 radical (unpaired) electrons. The normalized spacial score (nSPS) is 15.9. The summed E-state index contributed by atoms with van der Waals surface area (Å²) in [4.78, 5) is 2.38. The second-order valence-electron chi connectivity index (χ2n) is 9.88. The van der Waals surface area contributed by atoms with Crippen LogP contribution < -0.4 is 4.90 Å². The number of hydrogen-bond donors (Lipinski definition) is 0. The van der Waals surface area contributed by atoms with Gasteiger partial charge in [0.1, 0.15) is 0 Å². The molecule has 1 aliphatic carbocycles. The van der Waals surface area contributed by atoms with Gasteiger partial charge in [-0.15, -0.1) is 0 Å². The van der Waals surface area contributed by atoms with Gasteiger partial charge in [-0.25, -0.2) is 0 Å². The average Bonchev–Trinajstić information content (AvgIpc) is 3.10. The molecular weight excluding hydrogens is 446 g/mol. The predicted octanol–water partition coefficient (Wildman–Crippen LogP) is 10.9. The fourth-order valence-electron chi connectivity index (χ4n) is 5.39. The molecule has 0 saturated carbocycles. The number of allylic oxidation sites excluding steroid dienone is 12. The number of benzene rings is 2. The molecule has 0 unspecified atom stereocenters. The summed E-state index contributed by atoms with van der Waals surface area (Å²) in [6.45, 7) is 19.3. The van der Waals surface area contributed by atoms with Crippen LogP contribution in [0.2, 0.25) is 0 Å². The Labute approximate surface area is 225 Å². The third kappa shape index (κ3) is 5.72. The van der Waals surface area contributed by atoms with Gasteiger partial charge in [0.15, 0.2) is 0 Å². The smallest absolute Gasteiger partial charge is 0.0464 e. The third-order valence-electron chi connectivity index (χ3n) is 7.06. The first-order valence-corrected chi connectivity index (χ1v) is 13.6.